The molecule has 0 saturated heterocycles. The van der Waals surface area contributed by atoms with Gasteiger partial charge in [-0.2, -0.15) is 13.2 Å². The molecule has 2 aliphatic rings. The molecule has 2 fully saturated rings. The third kappa shape index (κ3) is 2.88. The Morgan fingerprint density at radius 2 is 1.69 bits per heavy atom. The van der Waals surface area contributed by atoms with Crippen LogP contribution in [-0.4, -0.2) is 29.5 Å². The van der Waals surface area contributed by atoms with E-state index >= 15 is 0 Å². The van der Waals surface area contributed by atoms with Gasteiger partial charge < -0.3 is 10.4 Å². The Balaban J connectivity index is 1.78. The summed E-state index contributed by atoms with van der Waals surface area (Å²) in [5.41, 5.74) is 0. The second-order valence-electron chi connectivity index (χ2n) is 5.09. The summed E-state index contributed by atoms with van der Waals surface area (Å²) in [7, 11) is 0. The van der Waals surface area contributed by atoms with Gasteiger partial charge in [-0.3, -0.25) is 0 Å². The molecular weight excluding hydrogens is 219 g/mol. The number of halogens is 3. The molecule has 2 rings (SSSR count). The molecule has 0 amide bonds. The van der Waals surface area contributed by atoms with E-state index in [1.165, 1.54) is 0 Å². The van der Waals surface area contributed by atoms with Gasteiger partial charge in [-0.05, 0) is 32.1 Å². The van der Waals surface area contributed by atoms with Crippen LogP contribution in [0.15, 0.2) is 0 Å². The molecule has 2 unspecified atom stereocenters. The van der Waals surface area contributed by atoms with Crippen LogP contribution in [0.2, 0.25) is 0 Å². The largest absolute Gasteiger partial charge is 0.393 e. The van der Waals surface area contributed by atoms with E-state index in [-0.39, 0.29) is 31.0 Å². The molecule has 0 heterocycles. The lowest BCUT2D eigenvalue weighted by molar-refractivity contribution is -0.184. The van der Waals surface area contributed by atoms with Crippen LogP contribution >= 0.6 is 0 Å². The van der Waals surface area contributed by atoms with Crippen molar-refractivity contribution in [1.82, 2.24) is 5.32 Å². The molecule has 2 N–H and O–H groups in total. The molecule has 0 bridgehead atoms. The molecule has 2 nitrogen and oxygen atoms in total. The average Bonchev–Trinajstić information content (AvgIpc) is 2.14. The first kappa shape index (κ1) is 12.2. The van der Waals surface area contributed by atoms with Crippen LogP contribution in [0.25, 0.3) is 0 Å². The maximum atomic E-state index is 12.5. The Morgan fingerprint density at radius 1 is 1.00 bits per heavy atom. The second-order valence-corrected chi connectivity index (χ2v) is 5.09. The molecule has 2 aliphatic carbocycles. The Bertz CT molecular complexity index is 238. The zero-order valence-corrected chi connectivity index (χ0v) is 9.13. The van der Waals surface area contributed by atoms with Crippen LogP contribution in [0.4, 0.5) is 13.2 Å². The molecule has 0 radical (unpaired) electrons. The van der Waals surface area contributed by atoms with E-state index in [0.717, 1.165) is 6.42 Å². The summed E-state index contributed by atoms with van der Waals surface area (Å²) in [6.07, 6.45) is -0.958. The van der Waals surface area contributed by atoms with Gasteiger partial charge in [0.25, 0.3) is 0 Å². The van der Waals surface area contributed by atoms with E-state index in [1.54, 1.807) is 0 Å². The van der Waals surface area contributed by atoms with Crippen LogP contribution in [-0.2, 0) is 0 Å². The fourth-order valence-corrected chi connectivity index (χ4v) is 2.70. The van der Waals surface area contributed by atoms with Gasteiger partial charge in [0, 0.05) is 12.1 Å². The summed E-state index contributed by atoms with van der Waals surface area (Å²) in [5, 5.41) is 12.3. The van der Waals surface area contributed by atoms with Crippen molar-refractivity contribution in [3.63, 3.8) is 0 Å². The van der Waals surface area contributed by atoms with Crippen molar-refractivity contribution >= 4 is 0 Å². The molecule has 2 atom stereocenters. The Morgan fingerprint density at radius 3 is 2.25 bits per heavy atom. The van der Waals surface area contributed by atoms with Crippen molar-refractivity contribution < 1.29 is 18.3 Å². The highest BCUT2D eigenvalue weighted by atomic mass is 19.4. The molecule has 0 aliphatic heterocycles. The first-order valence-electron chi connectivity index (χ1n) is 5.96. The van der Waals surface area contributed by atoms with Crippen molar-refractivity contribution in [3.05, 3.63) is 0 Å². The number of aliphatic hydroxyl groups excluding tert-OH is 1. The van der Waals surface area contributed by atoms with Gasteiger partial charge in [-0.1, -0.05) is 6.42 Å². The first-order chi connectivity index (χ1) is 7.45. The predicted molar refractivity (Wildman–Crippen MR) is 54.0 cm³/mol. The summed E-state index contributed by atoms with van der Waals surface area (Å²) in [6.45, 7) is 0. The molecule has 0 aromatic rings. The van der Waals surface area contributed by atoms with E-state index in [4.69, 9.17) is 5.11 Å². The number of rotatable bonds is 2. The topological polar surface area (TPSA) is 32.3 Å². The summed E-state index contributed by atoms with van der Waals surface area (Å²) < 4.78 is 37.6. The molecule has 94 valence electrons. The van der Waals surface area contributed by atoms with Crippen LogP contribution in [0.1, 0.15) is 38.5 Å². The van der Waals surface area contributed by atoms with Crippen LogP contribution in [0.3, 0.4) is 0 Å². The van der Waals surface area contributed by atoms with Crippen molar-refractivity contribution in [1.29, 1.82) is 0 Å². The Kier molecular flexibility index (Phi) is 3.45. The number of alkyl halides is 3. The lowest BCUT2D eigenvalue weighted by Crippen LogP contribution is -2.50. The van der Waals surface area contributed by atoms with E-state index in [0.29, 0.717) is 19.3 Å². The minimum absolute atomic E-state index is 0.0159. The van der Waals surface area contributed by atoms with Crippen molar-refractivity contribution in [2.24, 2.45) is 5.92 Å². The van der Waals surface area contributed by atoms with E-state index < -0.39 is 12.1 Å². The quantitative estimate of drug-likeness (QED) is 0.771. The van der Waals surface area contributed by atoms with Gasteiger partial charge in [0.05, 0.1) is 12.0 Å². The number of hydrogen-bond donors (Lipinski definition) is 2. The van der Waals surface area contributed by atoms with Crippen molar-refractivity contribution in [3.8, 4) is 0 Å². The molecule has 0 spiro atoms. The summed E-state index contributed by atoms with van der Waals surface area (Å²) in [5.74, 6) is -1.14. The summed E-state index contributed by atoms with van der Waals surface area (Å²) in [6, 6.07) is 0.213. The van der Waals surface area contributed by atoms with E-state index in [2.05, 4.69) is 5.32 Å². The predicted octanol–water partition coefficient (Wildman–Crippen LogP) is 2.22. The maximum absolute atomic E-state index is 12.5. The minimum atomic E-state index is -4.04. The highest BCUT2D eigenvalue weighted by Crippen LogP contribution is 2.38. The standard InChI is InChI=1S/C11H18F3NO/c12-11(13,14)7-2-1-3-8(4-7)15-9-5-10(16)6-9/h7-10,15-16H,1-6H2. The zero-order chi connectivity index (χ0) is 11.8. The lowest BCUT2D eigenvalue weighted by Gasteiger charge is -2.38. The van der Waals surface area contributed by atoms with Crippen LogP contribution < -0.4 is 5.32 Å². The van der Waals surface area contributed by atoms with Gasteiger partial charge >= 0.3 is 6.18 Å². The third-order valence-electron chi connectivity index (χ3n) is 3.72. The Hall–Kier alpha value is -0.290. The Labute approximate surface area is 93.2 Å². The maximum Gasteiger partial charge on any atom is 0.391 e. The molecule has 16 heavy (non-hydrogen) atoms. The number of nitrogens with one attached hydrogen (secondary N) is 1. The van der Waals surface area contributed by atoms with Crippen molar-refractivity contribution in [2.75, 3.05) is 0 Å². The van der Waals surface area contributed by atoms with Gasteiger partial charge in [0.2, 0.25) is 0 Å². The molecule has 2 saturated carbocycles. The minimum Gasteiger partial charge on any atom is -0.393 e. The lowest BCUT2D eigenvalue weighted by atomic mass is 9.82. The number of hydrogen-bond acceptors (Lipinski definition) is 2. The third-order valence-corrected chi connectivity index (χ3v) is 3.72. The van der Waals surface area contributed by atoms with E-state index in [1.807, 2.05) is 0 Å². The monoisotopic (exact) mass is 237 g/mol. The normalized spacial score (nSPS) is 40.5. The van der Waals surface area contributed by atoms with E-state index in [9.17, 15) is 13.2 Å². The highest BCUT2D eigenvalue weighted by Gasteiger charge is 2.42. The fourth-order valence-electron chi connectivity index (χ4n) is 2.70. The number of aliphatic hydroxyl groups is 1. The van der Waals surface area contributed by atoms with Gasteiger partial charge in [0.15, 0.2) is 0 Å². The average molecular weight is 237 g/mol. The second kappa shape index (κ2) is 4.53. The van der Waals surface area contributed by atoms with Gasteiger partial charge in [-0.25, -0.2) is 0 Å². The summed E-state index contributed by atoms with van der Waals surface area (Å²) >= 11 is 0. The van der Waals surface area contributed by atoms with Gasteiger partial charge in [-0.15, -0.1) is 0 Å². The SMILES string of the molecule is OC1CC(NC2CCCC(C(F)(F)F)C2)C1. The summed E-state index contributed by atoms with van der Waals surface area (Å²) in [4.78, 5) is 0. The van der Waals surface area contributed by atoms with Crippen LogP contribution in [0, 0.1) is 5.92 Å². The zero-order valence-electron chi connectivity index (χ0n) is 9.13. The highest BCUT2D eigenvalue weighted by molar-refractivity contribution is 4.90. The van der Waals surface area contributed by atoms with Crippen molar-refractivity contribution in [2.45, 2.75) is 62.9 Å². The fraction of sp³-hybridized carbons (Fsp3) is 1.00. The molecular formula is C11H18F3NO. The van der Waals surface area contributed by atoms with Crippen LogP contribution in [0.5, 0.6) is 0 Å². The smallest absolute Gasteiger partial charge is 0.391 e. The molecule has 0 aromatic heterocycles. The first-order valence-corrected chi connectivity index (χ1v) is 5.96. The van der Waals surface area contributed by atoms with Gasteiger partial charge in [0.1, 0.15) is 0 Å². The molecule has 0 aromatic carbocycles. The molecule has 5 heteroatoms.